The van der Waals surface area contributed by atoms with E-state index in [0.717, 1.165) is 25.4 Å². The molecule has 0 bridgehead atoms. The average molecular weight is 288 g/mol. The zero-order valence-electron chi connectivity index (χ0n) is 8.70. The maximum atomic E-state index is 8.41. The molecule has 0 heterocycles. The lowest BCUT2D eigenvalue weighted by molar-refractivity contribution is 1.37. The predicted octanol–water partition coefficient (Wildman–Crippen LogP) is 4.42. The maximum Gasteiger partial charge on any atom is 0.105 e. The number of benzene rings is 1. The summed E-state index contributed by atoms with van der Waals surface area (Å²) in [6, 6.07) is 8.05. The molecule has 0 aliphatic carbocycles. The molecule has 84 valence electrons. The van der Waals surface area contributed by atoms with E-state index in [1.165, 1.54) is 11.8 Å². The van der Waals surface area contributed by atoms with Crippen molar-refractivity contribution in [2.24, 2.45) is 0 Å². The Hall–Kier alpha value is -0.210. The van der Waals surface area contributed by atoms with Crippen LogP contribution in [0.15, 0.2) is 18.2 Å². The molecule has 0 N–H and O–H groups in total. The summed E-state index contributed by atoms with van der Waals surface area (Å²) in [4.78, 5) is 0. The van der Waals surface area contributed by atoms with Crippen molar-refractivity contribution in [2.75, 3.05) is 5.75 Å². The van der Waals surface area contributed by atoms with Gasteiger partial charge in [-0.15, -0.1) is 11.8 Å². The molecule has 0 saturated carbocycles. The molecule has 0 atom stereocenters. The number of nitriles is 1. The minimum Gasteiger partial charge on any atom is -0.197 e. The van der Waals surface area contributed by atoms with Crippen molar-refractivity contribution in [3.05, 3.63) is 34.3 Å². The number of nitrogens with zero attached hydrogens (tertiary/aromatic N) is 1. The van der Waals surface area contributed by atoms with Gasteiger partial charge in [-0.2, -0.15) is 5.26 Å². The summed E-state index contributed by atoms with van der Waals surface area (Å²) in [6.07, 6.45) is 0. The molecular weight excluding hydrogens is 278 g/mol. The molecule has 0 aliphatic heterocycles. The number of halogens is 1. The first kappa shape index (κ1) is 13.9. The Labute approximate surface area is 115 Å². The van der Waals surface area contributed by atoms with Crippen molar-refractivity contribution in [1.82, 2.24) is 0 Å². The highest BCUT2D eigenvalue weighted by molar-refractivity contribution is 8.47. The fourth-order valence-corrected chi connectivity index (χ4v) is 3.17. The van der Waals surface area contributed by atoms with E-state index in [1.54, 1.807) is 11.8 Å². The van der Waals surface area contributed by atoms with Crippen molar-refractivity contribution in [2.45, 2.75) is 12.7 Å². The second-order valence-corrected chi connectivity index (χ2v) is 6.64. The minimum atomic E-state index is 0.410. The fraction of sp³-hybridized carbons (Fsp3) is 0.273. The maximum absolute atomic E-state index is 8.41. The van der Waals surface area contributed by atoms with Crippen molar-refractivity contribution in [1.29, 1.82) is 5.26 Å². The predicted molar refractivity (Wildman–Crippen MR) is 78.2 cm³/mol. The summed E-state index contributed by atoms with van der Waals surface area (Å²) in [5.74, 6) is 1.17. The lowest BCUT2D eigenvalue weighted by Gasteiger charge is -2.05. The first-order valence-corrected chi connectivity index (χ1v) is 7.30. The fourth-order valence-electron chi connectivity index (χ4n) is 1.04. The van der Waals surface area contributed by atoms with Gasteiger partial charge in [0.05, 0.1) is 11.8 Å². The van der Waals surface area contributed by atoms with Crippen LogP contribution in [0.3, 0.4) is 0 Å². The van der Waals surface area contributed by atoms with Crippen LogP contribution in [0.5, 0.6) is 0 Å². The Morgan fingerprint density at radius 2 is 2.25 bits per heavy atom. The number of thiocarbonyl (C=S) groups is 1. The van der Waals surface area contributed by atoms with E-state index in [0.29, 0.717) is 5.75 Å². The highest BCUT2D eigenvalue weighted by Crippen LogP contribution is 2.26. The molecular formula is C11H10ClNS3. The van der Waals surface area contributed by atoms with Crippen molar-refractivity contribution < 1.29 is 0 Å². The molecule has 1 rings (SSSR count). The van der Waals surface area contributed by atoms with Gasteiger partial charge in [0.2, 0.25) is 0 Å². The van der Waals surface area contributed by atoms with E-state index in [9.17, 15) is 0 Å². The molecule has 0 aliphatic rings. The molecule has 1 aromatic carbocycles. The lowest BCUT2D eigenvalue weighted by Crippen LogP contribution is -1.88. The number of thioether (sulfide) groups is 2. The number of hydrogen-bond acceptors (Lipinski definition) is 4. The van der Waals surface area contributed by atoms with E-state index in [2.05, 4.69) is 6.07 Å². The summed E-state index contributed by atoms with van der Waals surface area (Å²) in [6.45, 7) is 2.01. The van der Waals surface area contributed by atoms with Crippen LogP contribution < -0.4 is 0 Å². The minimum absolute atomic E-state index is 0.410. The Balaban J connectivity index is 2.49. The van der Waals surface area contributed by atoms with Gasteiger partial charge in [0.15, 0.2) is 0 Å². The van der Waals surface area contributed by atoms with Gasteiger partial charge in [-0.05, 0) is 24.1 Å². The van der Waals surface area contributed by atoms with Crippen LogP contribution in [0.4, 0.5) is 0 Å². The molecule has 0 unspecified atom stereocenters. The summed E-state index contributed by atoms with van der Waals surface area (Å²) in [5.41, 5.74) is 2.23. The summed E-state index contributed by atoms with van der Waals surface area (Å²) in [7, 11) is 0. The third-order valence-electron chi connectivity index (χ3n) is 1.81. The normalized spacial score (nSPS) is 9.81. The summed E-state index contributed by atoms with van der Waals surface area (Å²) < 4.78 is 0.790. The molecule has 0 amide bonds. The van der Waals surface area contributed by atoms with Gasteiger partial charge in [0, 0.05) is 10.8 Å². The molecule has 0 spiro atoms. The van der Waals surface area contributed by atoms with Crippen LogP contribution in [-0.2, 0) is 5.75 Å². The molecule has 1 aromatic rings. The lowest BCUT2D eigenvalue weighted by atomic mass is 10.2. The highest BCUT2D eigenvalue weighted by atomic mass is 35.5. The van der Waals surface area contributed by atoms with Gasteiger partial charge >= 0.3 is 0 Å². The molecule has 1 nitrogen and oxygen atoms in total. The van der Waals surface area contributed by atoms with E-state index in [-0.39, 0.29) is 0 Å². The smallest absolute Gasteiger partial charge is 0.105 e. The monoisotopic (exact) mass is 287 g/mol. The van der Waals surface area contributed by atoms with Gasteiger partial charge in [0.1, 0.15) is 3.53 Å². The molecule has 0 aromatic heterocycles. The van der Waals surface area contributed by atoms with Gasteiger partial charge in [-0.1, -0.05) is 47.7 Å². The quantitative estimate of drug-likeness (QED) is 0.768. The van der Waals surface area contributed by atoms with Gasteiger partial charge in [-0.3, -0.25) is 0 Å². The van der Waals surface area contributed by atoms with E-state index >= 15 is 0 Å². The first-order chi connectivity index (χ1) is 7.63. The molecule has 0 saturated heterocycles. The molecule has 16 heavy (non-hydrogen) atoms. The van der Waals surface area contributed by atoms with Crippen LogP contribution >= 0.6 is 47.3 Å². The number of aryl methyl sites for hydroxylation is 1. The van der Waals surface area contributed by atoms with Crippen molar-refractivity contribution in [3.8, 4) is 6.07 Å². The second-order valence-electron chi connectivity index (χ2n) is 3.08. The van der Waals surface area contributed by atoms with Crippen LogP contribution in [-0.4, -0.2) is 9.28 Å². The van der Waals surface area contributed by atoms with Crippen LogP contribution in [0, 0.1) is 18.3 Å². The van der Waals surface area contributed by atoms with Crippen LogP contribution in [0.25, 0.3) is 0 Å². The zero-order chi connectivity index (χ0) is 12.0. The largest absolute Gasteiger partial charge is 0.197 e. The number of hydrogen-bond donors (Lipinski definition) is 0. The van der Waals surface area contributed by atoms with E-state index < -0.39 is 0 Å². The summed E-state index contributed by atoms with van der Waals surface area (Å²) >= 11 is 14.2. The van der Waals surface area contributed by atoms with Gasteiger partial charge < -0.3 is 0 Å². The third-order valence-corrected chi connectivity index (χ3v) is 4.77. The van der Waals surface area contributed by atoms with Gasteiger partial charge in [0.25, 0.3) is 0 Å². The number of rotatable bonds is 3. The van der Waals surface area contributed by atoms with Crippen molar-refractivity contribution >= 4 is 50.9 Å². The standard InChI is InChI=1S/C11H10ClNS3/c1-8-2-3-9(10(12)6-8)7-16-11(14)15-5-4-13/h2-3,6H,5,7H2,1H3. The van der Waals surface area contributed by atoms with Crippen molar-refractivity contribution in [3.63, 3.8) is 0 Å². The molecule has 0 radical (unpaired) electrons. The Bertz CT molecular complexity index is 426. The van der Waals surface area contributed by atoms with E-state index in [4.69, 9.17) is 29.1 Å². The average Bonchev–Trinajstić information content (AvgIpc) is 2.25. The highest BCUT2D eigenvalue weighted by Gasteiger charge is 2.03. The summed E-state index contributed by atoms with van der Waals surface area (Å²) in [5, 5.41) is 9.19. The molecule has 5 heteroatoms. The second kappa shape index (κ2) is 7.18. The Kier molecular flexibility index (Phi) is 6.22. The Morgan fingerprint density at radius 1 is 1.50 bits per heavy atom. The Morgan fingerprint density at radius 3 is 2.88 bits per heavy atom. The SMILES string of the molecule is Cc1ccc(CSC(=S)SCC#N)c(Cl)c1. The van der Waals surface area contributed by atoms with E-state index in [1.807, 2.05) is 25.1 Å². The van der Waals surface area contributed by atoms with Gasteiger partial charge in [-0.25, -0.2) is 0 Å². The first-order valence-electron chi connectivity index (χ1n) is 4.55. The topological polar surface area (TPSA) is 23.8 Å². The zero-order valence-corrected chi connectivity index (χ0v) is 11.9. The van der Waals surface area contributed by atoms with Crippen LogP contribution in [0.2, 0.25) is 5.02 Å². The third kappa shape index (κ3) is 4.75. The van der Waals surface area contributed by atoms with Crippen LogP contribution in [0.1, 0.15) is 11.1 Å². The molecule has 0 fully saturated rings.